The zero-order valence-electron chi connectivity index (χ0n) is 13.2. The normalized spacial score (nSPS) is 11.1. The number of aromatic amines is 1. The Kier molecular flexibility index (Phi) is 3.19. The highest BCUT2D eigenvalue weighted by molar-refractivity contribution is 5.78. The lowest BCUT2D eigenvalue weighted by molar-refractivity contribution is 0.415. The van der Waals surface area contributed by atoms with E-state index in [1.54, 1.807) is 43.5 Å². The van der Waals surface area contributed by atoms with E-state index in [2.05, 4.69) is 15.2 Å². The van der Waals surface area contributed by atoms with Crippen molar-refractivity contribution in [1.82, 2.24) is 24.4 Å². The molecule has 120 valence electrons. The lowest BCUT2D eigenvalue weighted by atomic mass is 10.1. The van der Waals surface area contributed by atoms with E-state index in [1.165, 1.54) is 4.52 Å². The van der Waals surface area contributed by atoms with Gasteiger partial charge in [0.15, 0.2) is 5.65 Å². The summed E-state index contributed by atoms with van der Waals surface area (Å²) in [5, 5.41) is 7.09. The molecule has 0 saturated carbocycles. The molecule has 0 saturated heterocycles. The van der Waals surface area contributed by atoms with E-state index in [0.29, 0.717) is 11.2 Å². The molecule has 0 fully saturated rings. The van der Waals surface area contributed by atoms with Crippen LogP contribution in [0.5, 0.6) is 5.75 Å². The second kappa shape index (κ2) is 5.38. The average molecular weight is 321 g/mol. The van der Waals surface area contributed by atoms with Gasteiger partial charge < -0.3 is 4.74 Å². The van der Waals surface area contributed by atoms with Crippen LogP contribution in [-0.4, -0.2) is 31.5 Å². The molecule has 0 unspecified atom stereocenters. The summed E-state index contributed by atoms with van der Waals surface area (Å²) in [4.78, 5) is 17.3. The lowest BCUT2D eigenvalue weighted by Crippen LogP contribution is -2.18. The fourth-order valence-corrected chi connectivity index (χ4v) is 2.78. The molecule has 7 heteroatoms. The van der Waals surface area contributed by atoms with Crippen LogP contribution in [0.2, 0.25) is 0 Å². The third-order valence-electron chi connectivity index (χ3n) is 4.02. The van der Waals surface area contributed by atoms with E-state index in [-0.39, 0.29) is 5.56 Å². The molecule has 0 bridgehead atoms. The minimum absolute atomic E-state index is 0.169. The van der Waals surface area contributed by atoms with Crippen molar-refractivity contribution in [2.24, 2.45) is 7.05 Å². The van der Waals surface area contributed by atoms with Gasteiger partial charge in [0.25, 0.3) is 5.56 Å². The number of benzene rings is 1. The quantitative estimate of drug-likeness (QED) is 0.627. The van der Waals surface area contributed by atoms with Crippen molar-refractivity contribution < 1.29 is 4.74 Å². The Morgan fingerprint density at radius 1 is 1.21 bits per heavy atom. The molecule has 0 amide bonds. The minimum Gasteiger partial charge on any atom is -0.497 e. The summed E-state index contributed by atoms with van der Waals surface area (Å²) in [6.07, 6.45) is 5.01. The summed E-state index contributed by atoms with van der Waals surface area (Å²) in [6.45, 7) is 0. The van der Waals surface area contributed by atoms with E-state index in [1.807, 2.05) is 24.3 Å². The molecule has 0 radical (unpaired) electrons. The molecule has 1 aromatic carbocycles. The predicted octanol–water partition coefficient (Wildman–Crippen LogP) is 2.10. The first-order chi connectivity index (χ1) is 11.7. The topological polar surface area (TPSA) is 77.2 Å². The van der Waals surface area contributed by atoms with Crippen LogP contribution in [0.3, 0.4) is 0 Å². The largest absolute Gasteiger partial charge is 0.497 e. The van der Waals surface area contributed by atoms with Crippen molar-refractivity contribution in [2.45, 2.75) is 0 Å². The highest BCUT2D eigenvalue weighted by atomic mass is 16.5. The minimum atomic E-state index is -0.169. The van der Waals surface area contributed by atoms with Gasteiger partial charge in [-0.05, 0) is 23.8 Å². The van der Waals surface area contributed by atoms with Crippen LogP contribution in [-0.2, 0) is 7.05 Å². The first-order valence-corrected chi connectivity index (χ1v) is 7.41. The summed E-state index contributed by atoms with van der Waals surface area (Å²) in [6, 6.07) is 9.42. The molecule has 0 atom stereocenters. The third-order valence-corrected chi connectivity index (χ3v) is 4.02. The van der Waals surface area contributed by atoms with Crippen molar-refractivity contribution in [2.75, 3.05) is 7.11 Å². The Balaban J connectivity index is 1.91. The number of aromatic nitrogens is 5. The number of aryl methyl sites for hydroxylation is 1. The second-order valence-electron chi connectivity index (χ2n) is 5.40. The van der Waals surface area contributed by atoms with E-state index in [4.69, 9.17) is 4.74 Å². The first kappa shape index (κ1) is 14.3. The fourth-order valence-electron chi connectivity index (χ4n) is 2.78. The van der Waals surface area contributed by atoms with E-state index in [0.717, 1.165) is 22.6 Å². The van der Waals surface area contributed by atoms with E-state index < -0.39 is 0 Å². The van der Waals surface area contributed by atoms with Crippen molar-refractivity contribution >= 4 is 5.65 Å². The van der Waals surface area contributed by atoms with Crippen LogP contribution >= 0.6 is 0 Å². The number of nitrogens with one attached hydrogen (secondary N) is 1. The number of fused-ring (bicyclic) bond motifs is 1. The Morgan fingerprint density at radius 2 is 2.08 bits per heavy atom. The highest BCUT2D eigenvalue weighted by Gasteiger charge is 2.14. The van der Waals surface area contributed by atoms with Crippen molar-refractivity contribution in [3.05, 3.63) is 59.3 Å². The maximum absolute atomic E-state index is 12.8. The molecule has 4 aromatic rings. The van der Waals surface area contributed by atoms with Gasteiger partial charge in [0.1, 0.15) is 5.75 Å². The van der Waals surface area contributed by atoms with Crippen LogP contribution in [0.1, 0.15) is 0 Å². The molecule has 4 rings (SSSR count). The van der Waals surface area contributed by atoms with Gasteiger partial charge in [0, 0.05) is 31.2 Å². The van der Waals surface area contributed by atoms with Gasteiger partial charge in [0.05, 0.1) is 18.4 Å². The van der Waals surface area contributed by atoms with E-state index in [9.17, 15) is 4.79 Å². The molecule has 0 aliphatic rings. The molecule has 3 heterocycles. The molecule has 1 N–H and O–H groups in total. The van der Waals surface area contributed by atoms with Crippen LogP contribution in [0.4, 0.5) is 0 Å². The molecule has 0 aliphatic heterocycles. The third kappa shape index (κ3) is 2.10. The number of hydrogen-bond acceptors (Lipinski definition) is 4. The number of nitrogens with zero attached hydrogens (tertiary/aromatic N) is 4. The summed E-state index contributed by atoms with van der Waals surface area (Å²) in [5.41, 5.74) is 3.37. The van der Waals surface area contributed by atoms with Crippen molar-refractivity contribution in [3.63, 3.8) is 0 Å². The number of ether oxygens (including phenoxy) is 1. The summed E-state index contributed by atoms with van der Waals surface area (Å²) >= 11 is 0. The highest BCUT2D eigenvalue weighted by Crippen LogP contribution is 2.26. The zero-order valence-corrected chi connectivity index (χ0v) is 13.2. The van der Waals surface area contributed by atoms with Gasteiger partial charge >= 0.3 is 0 Å². The van der Waals surface area contributed by atoms with Crippen LogP contribution in [0.25, 0.3) is 28.0 Å². The molecule has 0 spiro atoms. The van der Waals surface area contributed by atoms with E-state index >= 15 is 0 Å². The second-order valence-corrected chi connectivity index (χ2v) is 5.40. The molecule has 24 heavy (non-hydrogen) atoms. The standard InChI is InChI=1S/C17H15N5O2/c1-21-15(6-7-19-21)14-9-18-16-13(10-20-22(16)17(14)23)11-4-3-5-12(8-11)24-2/h3-10,20H,1-2H3. The van der Waals surface area contributed by atoms with Gasteiger partial charge in [-0.25, -0.2) is 9.50 Å². The number of rotatable bonds is 3. The smallest absolute Gasteiger partial charge is 0.282 e. The Bertz CT molecular complexity index is 1090. The van der Waals surface area contributed by atoms with Crippen LogP contribution in [0.15, 0.2) is 53.7 Å². The van der Waals surface area contributed by atoms with Gasteiger partial charge in [-0.3, -0.25) is 14.6 Å². The molecular weight excluding hydrogens is 306 g/mol. The lowest BCUT2D eigenvalue weighted by Gasteiger charge is -2.04. The van der Waals surface area contributed by atoms with Crippen molar-refractivity contribution in [3.8, 4) is 28.1 Å². The van der Waals surface area contributed by atoms with Gasteiger partial charge in [0.2, 0.25) is 0 Å². The Morgan fingerprint density at radius 3 is 2.83 bits per heavy atom. The number of H-pyrrole nitrogens is 1. The SMILES string of the molecule is COc1cccc(-c2c[nH]n3c(=O)c(-c4ccnn4C)cnc23)c1. The Labute approximate surface area is 137 Å². The average Bonchev–Trinajstić information content (AvgIpc) is 3.22. The monoisotopic (exact) mass is 321 g/mol. The molecule has 7 nitrogen and oxygen atoms in total. The van der Waals surface area contributed by atoms with Crippen LogP contribution in [0, 0.1) is 0 Å². The Hall–Kier alpha value is -3.35. The summed E-state index contributed by atoms with van der Waals surface area (Å²) in [7, 11) is 3.41. The fraction of sp³-hybridized carbons (Fsp3) is 0.118. The number of methoxy groups -OCH3 is 1. The molecular formula is C17H15N5O2. The van der Waals surface area contributed by atoms with Gasteiger partial charge in [-0.1, -0.05) is 12.1 Å². The number of hydrogen-bond donors (Lipinski definition) is 1. The molecule has 3 aromatic heterocycles. The maximum Gasteiger partial charge on any atom is 0.282 e. The molecule has 0 aliphatic carbocycles. The zero-order chi connectivity index (χ0) is 16.7. The van der Waals surface area contributed by atoms with Crippen molar-refractivity contribution in [1.29, 1.82) is 0 Å². The predicted molar refractivity (Wildman–Crippen MR) is 90.0 cm³/mol. The summed E-state index contributed by atoms with van der Waals surface area (Å²) < 4.78 is 8.35. The maximum atomic E-state index is 12.8. The summed E-state index contributed by atoms with van der Waals surface area (Å²) in [5.74, 6) is 0.751. The first-order valence-electron chi connectivity index (χ1n) is 7.41. The van der Waals surface area contributed by atoms with Gasteiger partial charge in [-0.2, -0.15) is 5.10 Å². The van der Waals surface area contributed by atoms with Crippen LogP contribution < -0.4 is 10.3 Å². The van der Waals surface area contributed by atoms with Gasteiger partial charge in [-0.15, -0.1) is 0 Å².